The Morgan fingerprint density at radius 2 is 1.26 bits per heavy atom. The minimum atomic E-state index is -4.82. The number of carbonyl (C=O) groups excluding carboxylic acids is 1. The maximum atomic E-state index is 14.0. The van der Waals surface area contributed by atoms with Gasteiger partial charge in [-0.1, -0.05) is 0 Å². The standard InChI is InChI=1S/C23H13F6N5O/c24-22(25,26)19-14-3-1-10(31-14)9-11-2-4-15(32-11)20(23(27,28)29)17-8-6-13(34-17)18(21(30)35)12-5-7-16(19)33-12/h1-9,31,34H,(H2,30,35). The second kappa shape index (κ2) is 7.58. The van der Waals surface area contributed by atoms with Gasteiger partial charge in [-0.15, -0.1) is 0 Å². The van der Waals surface area contributed by atoms with Crippen molar-refractivity contribution in [1.29, 1.82) is 0 Å². The molecule has 0 spiro atoms. The van der Waals surface area contributed by atoms with Crippen LogP contribution in [0.2, 0.25) is 0 Å². The summed E-state index contributed by atoms with van der Waals surface area (Å²) >= 11 is 0. The van der Waals surface area contributed by atoms with Crippen molar-refractivity contribution in [3.63, 3.8) is 0 Å². The van der Waals surface area contributed by atoms with Crippen molar-refractivity contribution in [3.05, 3.63) is 69.8 Å². The topological polar surface area (TPSA) is 100 Å². The number of halogens is 6. The van der Waals surface area contributed by atoms with E-state index in [1.165, 1.54) is 30.3 Å². The Kier molecular flexibility index (Phi) is 4.86. The van der Waals surface area contributed by atoms with Gasteiger partial charge in [0, 0.05) is 5.52 Å². The van der Waals surface area contributed by atoms with E-state index in [0.29, 0.717) is 0 Å². The van der Waals surface area contributed by atoms with Gasteiger partial charge < -0.3 is 15.7 Å². The molecule has 35 heavy (non-hydrogen) atoms. The molecule has 0 atom stereocenters. The van der Waals surface area contributed by atoms with Gasteiger partial charge >= 0.3 is 12.4 Å². The fraction of sp³-hybridized carbons (Fsp3) is 0.0870. The number of aromatic nitrogens is 4. The quantitative estimate of drug-likeness (QED) is 0.260. The van der Waals surface area contributed by atoms with Crippen molar-refractivity contribution >= 4 is 52.3 Å². The Hall–Kier alpha value is -4.35. The number of alkyl halides is 6. The van der Waals surface area contributed by atoms with E-state index in [2.05, 4.69) is 19.9 Å². The summed E-state index contributed by atoms with van der Waals surface area (Å²) < 4.78 is 84.0. The summed E-state index contributed by atoms with van der Waals surface area (Å²) in [4.78, 5) is 25.3. The lowest BCUT2D eigenvalue weighted by atomic mass is 10.1. The lowest BCUT2D eigenvalue weighted by Gasteiger charge is -2.07. The largest absolute Gasteiger partial charge is 0.420 e. The molecule has 178 valence electrons. The number of rotatable bonds is 1. The summed E-state index contributed by atoms with van der Waals surface area (Å²) in [5.41, 5.74) is 1.19. The molecule has 0 radical (unpaired) electrons. The molecule has 0 fully saturated rings. The van der Waals surface area contributed by atoms with Gasteiger partial charge in [-0.05, 0) is 54.6 Å². The Morgan fingerprint density at radius 3 is 1.91 bits per heavy atom. The van der Waals surface area contributed by atoms with E-state index >= 15 is 0 Å². The van der Waals surface area contributed by atoms with Crippen molar-refractivity contribution < 1.29 is 31.1 Å². The van der Waals surface area contributed by atoms with E-state index in [0.717, 1.165) is 24.3 Å². The van der Waals surface area contributed by atoms with Gasteiger partial charge in [0.05, 0.1) is 44.9 Å². The number of primary amides is 1. The van der Waals surface area contributed by atoms with E-state index in [1.54, 1.807) is 0 Å². The normalized spacial score (nSPS) is 13.4. The highest BCUT2D eigenvalue weighted by Crippen LogP contribution is 2.38. The first-order valence-corrected chi connectivity index (χ1v) is 9.99. The van der Waals surface area contributed by atoms with Gasteiger partial charge in [-0.2, -0.15) is 26.3 Å². The fourth-order valence-corrected chi connectivity index (χ4v) is 3.99. The van der Waals surface area contributed by atoms with Crippen molar-refractivity contribution in [3.8, 4) is 0 Å². The zero-order valence-corrected chi connectivity index (χ0v) is 17.3. The SMILES string of the molecule is NC(=O)c1c2nc(c(C(F)(F)F)c3ccc(cc4nc(c(C(F)(F)F)c5ccc1[nH]5)C=C4)[nH]3)C=C2. The number of H-pyrrole nitrogens is 2. The molecule has 0 aliphatic carbocycles. The minimum Gasteiger partial charge on any atom is -0.365 e. The Balaban J connectivity index is 2.01. The van der Waals surface area contributed by atoms with Crippen LogP contribution in [0.15, 0.2) is 30.3 Å². The number of hydrogen-bond acceptors (Lipinski definition) is 3. The Labute approximate surface area is 191 Å². The highest BCUT2D eigenvalue weighted by atomic mass is 19.4. The molecular weight excluding hydrogens is 476 g/mol. The molecule has 2 aliphatic rings. The van der Waals surface area contributed by atoms with E-state index in [1.807, 2.05) is 0 Å². The molecule has 4 N–H and O–H groups in total. The van der Waals surface area contributed by atoms with E-state index in [-0.39, 0.29) is 33.5 Å². The molecule has 12 heteroatoms. The van der Waals surface area contributed by atoms with Crippen LogP contribution in [0.4, 0.5) is 26.3 Å². The predicted molar refractivity (Wildman–Crippen MR) is 117 cm³/mol. The molecular formula is C23H13F6N5O. The summed E-state index contributed by atoms with van der Waals surface area (Å²) in [7, 11) is 0. The molecule has 8 bridgehead atoms. The third-order valence-corrected chi connectivity index (χ3v) is 5.39. The second-order valence-corrected chi connectivity index (χ2v) is 7.71. The maximum Gasteiger partial charge on any atom is 0.420 e. The molecule has 1 amide bonds. The first kappa shape index (κ1) is 22.4. The number of carbonyl (C=O) groups is 1. The zero-order valence-electron chi connectivity index (χ0n) is 17.3. The molecule has 2 aliphatic heterocycles. The fourth-order valence-electron chi connectivity index (χ4n) is 3.99. The number of nitrogens with zero attached hydrogens (tertiary/aromatic N) is 2. The third kappa shape index (κ3) is 3.96. The number of amides is 1. The summed E-state index contributed by atoms with van der Waals surface area (Å²) in [5, 5.41) is 0. The number of fused-ring (bicyclic) bond motifs is 8. The monoisotopic (exact) mass is 489 g/mol. The molecule has 0 saturated carbocycles. The van der Waals surface area contributed by atoms with Crippen LogP contribution in [0, 0.1) is 0 Å². The second-order valence-electron chi connectivity index (χ2n) is 7.71. The van der Waals surface area contributed by atoms with E-state index < -0.39 is 46.3 Å². The zero-order chi connectivity index (χ0) is 25.1. The lowest BCUT2D eigenvalue weighted by Crippen LogP contribution is -2.13. The highest BCUT2D eigenvalue weighted by molar-refractivity contribution is 6.04. The first-order chi connectivity index (χ1) is 16.4. The molecule has 0 unspecified atom stereocenters. The average molecular weight is 489 g/mol. The van der Waals surface area contributed by atoms with Crippen LogP contribution in [0.5, 0.6) is 0 Å². The minimum absolute atomic E-state index is 0.0979. The van der Waals surface area contributed by atoms with E-state index in [9.17, 15) is 31.1 Å². The summed E-state index contributed by atoms with van der Waals surface area (Å²) in [5.74, 6) is -1.09. The highest BCUT2D eigenvalue weighted by Gasteiger charge is 2.37. The molecule has 3 aromatic rings. The van der Waals surface area contributed by atoms with Gasteiger partial charge in [-0.3, -0.25) is 4.79 Å². The average Bonchev–Trinajstić information content (AvgIpc) is 3.50. The van der Waals surface area contributed by atoms with Crippen molar-refractivity contribution in [2.24, 2.45) is 5.73 Å². The smallest absolute Gasteiger partial charge is 0.365 e. The predicted octanol–water partition coefficient (Wildman–Crippen LogP) is 5.79. The van der Waals surface area contributed by atoms with Crippen LogP contribution in [0.1, 0.15) is 44.3 Å². The van der Waals surface area contributed by atoms with Gasteiger partial charge in [0.25, 0.3) is 5.91 Å². The van der Waals surface area contributed by atoms with Gasteiger partial charge in [0.1, 0.15) is 11.1 Å². The molecule has 5 rings (SSSR count). The molecule has 0 saturated heterocycles. The van der Waals surface area contributed by atoms with Crippen molar-refractivity contribution in [1.82, 2.24) is 19.9 Å². The van der Waals surface area contributed by atoms with Crippen LogP contribution in [0.25, 0.3) is 46.4 Å². The summed E-state index contributed by atoms with van der Waals surface area (Å²) in [6.45, 7) is 0. The van der Waals surface area contributed by atoms with Crippen molar-refractivity contribution in [2.45, 2.75) is 12.4 Å². The number of nitrogens with two attached hydrogens (primary N) is 1. The van der Waals surface area contributed by atoms with Crippen molar-refractivity contribution in [2.75, 3.05) is 0 Å². The lowest BCUT2D eigenvalue weighted by molar-refractivity contribution is -0.137. The van der Waals surface area contributed by atoms with Crippen LogP contribution in [-0.4, -0.2) is 25.8 Å². The van der Waals surface area contributed by atoms with Crippen LogP contribution < -0.4 is 5.73 Å². The number of nitrogens with one attached hydrogen (secondary N) is 2. The molecule has 6 nitrogen and oxygen atoms in total. The van der Waals surface area contributed by atoms with Gasteiger partial charge in [0.2, 0.25) is 0 Å². The molecule has 3 aromatic heterocycles. The van der Waals surface area contributed by atoms with Crippen LogP contribution >= 0.6 is 0 Å². The summed E-state index contributed by atoms with van der Waals surface area (Å²) in [6.07, 6.45) is -4.97. The van der Waals surface area contributed by atoms with Gasteiger partial charge in [-0.25, -0.2) is 9.97 Å². The molecule has 0 aromatic carbocycles. The number of aromatic amines is 2. The Morgan fingerprint density at radius 1 is 0.714 bits per heavy atom. The first-order valence-electron chi connectivity index (χ1n) is 9.99. The van der Waals surface area contributed by atoms with Crippen LogP contribution in [-0.2, 0) is 12.4 Å². The van der Waals surface area contributed by atoms with E-state index in [4.69, 9.17) is 5.73 Å². The maximum absolute atomic E-state index is 14.0. The Bertz CT molecular complexity index is 1590. The van der Waals surface area contributed by atoms with Crippen LogP contribution in [0.3, 0.4) is 0 Å². The molecule has 5 heterocycles. The third-order valence-electron chi connectivity index (χ3n) is 5.39. The number of hydrogen-bond donors (Lipinski definition) is 3. The van der Waals surface area contributed by atoms with Gasteiger partial charge in [0.15, 0.2) is 0 Å². The summed E-state index contributed by atoms with van der Waals surface area (Å²) in [6, 6.07) is 6.10.